The Morgan fingerprint density at radius 2 is 2.13 bits per heavy atom. The molecule has 1 unspecified atom stereocenters. The molecule has 0 spiro atoms. The van der Waals surface area contributed by atoms with Gasteiger partial charge in [0.05, 0.1) is 12.0 Å². The van der Waals surface area contributed by atoms with Crippen LogP contribution in [0.15, 0.2) is 24.4 Å². The molecule has 2 aromatic rings. The van der Waals surface area contributed by atoms with Gasteiger partial charge in [0.2, 0.25) is 5.91 Å². The minimum absolute atomic E-state index is 0.118. The second-order valence-electron chi connectivity index (χ2n) is 5.90. The maximum Gasteiger partial charge on any atom is 0.234 e. The normalized spacial score (nSPS) is 20.7. The number of halogens is 2. The molecule has 3 rings (SSSR count). The van der Waals surface area contributed by atoms with Crippen LogP contribution in [0.4, 0.5) is 13.9 Å². The average molecular weight is 338 g/mol. The maximum absolute atomic E-state index is 13.2. The molecule has 1 aliphatic rings. The third-order valence-electron chi connectivity index (χ3n) is 3.84. The van der Waals surface area contributed by atoms with E-state index in [0.717, 1.165) is 10.9 Å². The first-order chi connectivity index (χ1) is 10.9. The minimum Gasteiger partial charge on any atom is -0.380 e. The fourth-order valence-electron chi connectivity index (χ4n) is 2.46. The molecule has 1 aromatic heterocycles. The Labute approximate surface area is 136 Å². The Balaban J connectivity index is 1.67. The fourth-order valence-corrected chi connectivity index (χ4v) is 3.30. The van der Waals surface area contributed by atoms with Crippen LogP contribution >= 0.6 is 11.3 Å². The van der Waals surface area contributed by atoms with Gasteiger partial charge in [0.15, 0.2) is 5.13 Å². The van der Waals surface area contributed by atoms with Crippen molar-refractivity contribution in [3.8, 4) is 0 Å². The molecule has 7 heteroatoms. The number of benzene rings is 1. The number of aromatic nitrogens is 1. The summed E-state index contributed by atoms with van der Waals surface area (Å²) >= 11 is 1.30. The standard InChI is InChI=1S/C16H16F2N2O2S/c1-16(2-3-22-9-16)14(21)20-15-19-8-13(23-15)6-10-4-11(17)7-12(18)5-10/h4-5,7-8H,2-3,6,9H2,1H3,(H,19,20,21). The van der Waals surface area contributed by atoms with E-state index in [1.165, 1.54) is 23.5 Å². The van der Waals surface area contributed by atoms with Crippen LogP contribution in [-0.4, -0.2) is 24.1 Å². The number of rotatable bonds is 4. The first kappa shape index (κ1) is 16.0. The van der Waals surface area contributed by atoms with Crippen LogP contribution in [0.5, 0.6) is 0 Å². The lowest BCUT2D eigenvalue weighted by Crippen LogP contribution is -2.33. The first-order valence-electron chi connectivity index (χ1n) is 7.23. The molecule has 2 heterocycles. The number of nitrogens with one attached hydrogen (secondary N) is 1. The van der Waals surface area contributed by atoms with E-state index >= 15 is 0 Å². The van der Waals surface area contributed by atoms with Crippen molar-refractivity contribution in [3.05, 3.63) is 46.5 Å². The summed E-state index contributed by atoms with van der Waals surface area (Å²) in [4.78, 5) is 17.2. The maximum atomic E-state index is 13.2. The van der Waals surface area contributed by atoms with Gasteiger partial charge in [-0.15, -0.1) is 11.3 Å². The summed E-state index contributed by atoms with van der Waals surface area (Å²) < 4.78 is 31.7. The summed E-state index contributed by atoms with van der Waals surface area (Å²) in [6, 6.07) is 3.42. The van der Waals surface area contributed by atoms with E-state index < -0.39 is 17.0 Å². The largest absolute Gasteiger partial charge is 0.380 e. The first-order valence-corrected chi connectivity index (χ1v) is 8.05. The zero-order valence-electron chi connectivity index (χ0n) is 12.6. The summed E-state index contributed by atoms with van der Waals surface area (Å²) in [5.41, 5.74) is -0.00229. The van der Waals surface area contributed by atoms with E-state index in [1.807, 2.05) is 6.92 Å². The van der Waals surface area contributed by atoms with E-state index in [1.54, 1.807) is 6.20 Å². The van der Waals surface area contributed by atoms with Gasteiger partial charge in [-0.05, 0) is 31.0 Å². The van der Waals surface area contributed by atoms with Gasteiger partial charge >= 0.3 is 0 Å². The van der Waals surface area contributed by atoms with Crippen LogP contribution in [0, 0.1) is 17.0 Å². The number of carbonyl (C=O) groups is 1. The van der Waals surface area contributed by atoms with Crippen LogP contribution in [-0.2, 0) is 16.0 Å². The van der Waals surface area contributed by atoms with E-state index in [-0.39, 0.29) is 5.91 Å². The van der Waals surface area contributed by atoms with Crippen molar-refractivity contribution in [2.24, 2.45) is 5.41 Å². The number of hydrogen-bond acceptors (Lipinski definition) is 4. The second kappa shape index (κ2) is 6.33. The molecule has 4 nitrogen and oxygen atoms in total. The van der Waals surface area contributed by atoms with E-state index in [4.69, 9.17) is 4.74 Å². The van der Waals surface area contributed by atoms with Crippen molar-refractivity contribution >= 4 is 22.4 Å². The van der Waals surface area contributed by atoms with Crippen molar-refractivity contribution in [1.29, 1.82) is 0 Å². The molecular formula is C16H16F2N2O2S. The van der Waals surface area contributed by atoms with Gasteiger partial charge in [-0.2, -0.15) is 0 Å². The van der Waals surface area contributed by atoms with Crippen molar-refractivity contribution in [1.82, 2.24) is 4.98 Å². The molecule has 1 N–H and O–H groups in total. The molecule has 1 atom stereocenters. The Morgan fingerprint density at radius 1 is 1.39 bits per heavy atom. The Hall–Kier alpha value is -1.86. The monoisotopic (exact) mass is 338 g/mol. The van der Waals surface area contributed by atoms with Crippen molar-refractivity contribution < 1.29 is 18.3 Å². The highest BCUT2D eigenvalue weighted by molar-refractivity contribution is 7.15. The number of hydrogen-bond donors (Lipinski definition) is 1. The molecular weight excluding hydrogens is 322 g/mol. The zero-order chi connectivity index (χ0) is 16.4. The van der Waals surface area contributed by atoms with Gasteiger partial charge in [-0.3, -0.25) is 4.79 Å². The highest BCUT2D eigenvalue weighted by Gasteiger charge is 2.37. The Bertz CT molecular complexity index is 706. The fraction of sp³-hybridized carbons (Fsp3) is 0.375. The lowest BCUT2D eigenvalue weighted by Gasteiger charge is -2.19. The van der Waals surface area contributed by atoms with Crippen molar-refractivity contribution in [2.45, 2.75) is 19.8 Å². The topological polar surface area (TPSA) is 51.2 Å². The highest BCUT2D eigenvalue weighted by atomic mass is 32.1. The molecule has 1 fully saturated rings. The number of anilines is 1. The minimum atomic E-state index is -0.604. The average Bonchev–Trinajstić information content (AvgIpc) is 3.08. The molecule has 1 saturated heterocycles. The molecule has 122 valence electrons. The summed E-state index contributed by atoms with van der Waals surface area (Å²) in [5.74, 6) is -1.33. The van der Waals surface area contributed by atoms with Gasteiger partial charge in [-0.25, -0.2) is 13.8 Å². The summed E-state index contributed by atoms with van der Waals surface area (Å²) in [6.45, 7) is 2.84. The van der Waals surface area contributed by atoms with Crippen LogP contribution in [0.2, 0.25) is 0 Å². The van der Waals surface area contributed by atoms with E-state index in [9.17, 15) is 13.6 Å². The molecule has 1 aliphatic heterocycles. The third kappa shape index (κ3) is 3.73. The predicted molar refractivity (Wildman–Crippen MR) is 83.5 cm³/mol. The molecule has 0 bridgehead atoms. The van der Waals surface area contributed by atoms with Gasteiger partial charge in [0.25, 0.3) is 0 Å². The number of thiazole rings is 1. The van der Waals surface area contributed by atoms with Gasteiger partial charge in [0.1, 0.15) is 11.6 Å². The van der Waals surface area contributed by atoms with E-state index in [0.29, 0.717) is 36.8 Å². The molecule has 23 heavy (non-hydrogen) atoms. The molecule has 0 aliphatic carbocycles. The van der Waals surface area contributed by atoms with Crippen LogP contribution < -0.4 is 5.32 Å². The summed E-state index contributed by atoms with van der Waals surface area (Å²) in [7, 11) is 0. The number of amides is 1. The Morgan fingerprint density at radius 3 is 2.78 bits per heavy atom. The second-order valence-corrected chi connectivity index (χ2v) is 7.02. The summed E-state index contributed by atoms with van der Waals surface area (Å²) in [6.07, 6.45) is 2.65. The van der Waals surface area contributed by atoms with Gasteiger partial charge in [-0.1, -0.05) is 0 Å². The van der Waals surface area contributed by atoms with Crippen molar-refractivity contribution in [2.75, 3.05) is 18.5 Å². The van der Waals surface area contributed by atoms with Crippen molar-refractivity contribution in [3.63, 3.8) is 0 Å². The lowest BCUT2D eigenvalue weighted by molar-refractivity contribution is -0.124. The SMILES string of the molecule is CC1(C(=O)Nc2ncc(Cc3cc(F)cc(F)c3)s2)CCOC1. The summed E-state index contributed by atoms with van der Waals surface area (Å²) in [5, 5.41) is 3.28. The van der Waals surface area contributed by atoms with Crippen LogP contribution in [0.1, 0.15) is 23.8 Å². The zero-order valence-corrected chi connectivity index (χ0v) is 13.4. The van der Waals surface area contributed by atoms with Gasteiger partial charge in [0, 0.05) is 30.2 Å². The molecule has 0 saturated carbocycles. The van der Waals surface area contributed by atoms with Crippen LogP contribution in [0.3, 0.4) is 0 Å². The molecule has 1 amide bonds. The predicted octanol–water partition coefficient (Wildman–Crippen LogP) is 3.38. The van der Waals surface area contributed by atoms with E-state index in [2.05, 4.69) is 10.3 Å². The Kier molecular flexibility index (Phi) is 4.41. The molecule has 1 aromatic carbocycles. The number of carbonyl (C=O) groups excluding carboxylic acids is 1. The highest BCUT2D eigenvalue weighted by Crippen LogP contribution is 2.30. The quantitative estimate of drug-likeness (QED) is 0.930. The smallest absolute Gasteiger partial charge is 0.234 e. The van der Waals surface area contributed by atoms with Gasteiger partial charge < -0.3 is 10.1 Å². The number of ether oxygens (including phenoxy) is 1. The third-order valence-corrected chi connectivity index (χ3v) is 4.75. The lowest BCUT2D eigenvalue weighted by atomic mass is 9.89. The van der Waals surface area contributed by atoms with Crippen LogP contribution in [0.25, 0.3) is 0 Å². The molecule has 0 radical (unpaired) electrons. The number of nitrogens with zero attached hydrogens (tertiary/aromatic N) is 1.